The molecule has 4 heteroatoms. The van der Waals surface area contributed by atoms with Gasteiger partial charge in [-0.3, -0.25) is 0 Å². The van der Waals surface area contributed by atoms with E-state index < -0.39 is 0 Å². The lowest BCUT2D eigenvalue weighted by Gasteiger charge is -2.37. The molecule has 96 valence electrons. The Morgan fingerprint density at radius 3 is 2.29 bits per heavy atom. The molecule has 17 heavy (non-hydrogen) atoms. The smallest absolute Gasteiger partial charge is 0.135 e. The molecular weight excluding hydrogens is 325 g/mol. The third-order valence-electron chi connectivity index (χ3n) is 4.05. The van der Waals surface area contributed by atoms with Crippen molar-refractivity contribution in [1.82, 2.24) is 9.78 Å². The first-order valence-electron chi connectivity index (χ1n) is 6.38. The summed E-state index contributed by atoms with van der Waals surface area (Å²) in [7, 11) is 0. The highest BCUT2D eigenvalue weighted by molar-refractivity contribution is 14.1. The van der Waals surface area contributed by atoms with Gasteiger partial charge >= 0.3 is 0 Å². The maximum Gasteiger partial charge on any atom is 0.135 e. The molecule has 0 spiro atoms. The molecule has 1 aromatic rings. The summed E-state index contributed by atoms with van der Waals surface area (Å²) < 4.78 is 3.10. The Labute approximate surface area is 117 Å². The zero-order valence-corrected chi connectivity index (χ0v) is 13.1. The van der Waals surface area contributed by atoms with Crippen molar-refractivity contribution >= 4 is 28.4 Å². The van der Waals surface area contributed by atoms with Crippen LogP contribution in [-0.2, 0) is 0 Å². The van der Waals surface area contributed by atoms with Crippen molar-refractivity contribution in [3.63, 3.8) is 0 Å². The number of nitrogens with two attached hydrogens (primary N) is 1. The summed E-state index contributed by atoms with van der Waals surface area (Å²) in [6.07, 6.45) is 6.88. The minimum Gasteiger partial charge on any atom is -0.383 e. The second-order valence-electron chi connectivity index (χ2n) is 6.19. The highest BCUT2D eigenvalue weighted by atomic mass is 127. The van der Waals surface area contributed by atoms with E-state index in [0.29, 0.717) is 11.5 Å². The maximum atomic E-state index is 6.05. The SMILES string of the molecule is CC(C)(C)C1CCC(n2ncc(I)c2N)CC1. The largest absolute Gasteiger partial charge is 0.383 e. The number of anilines is 1. The highest BCUT2D eigenvalue weighted by Crippen LogP contribution is 2.41. The van der Waals surface area contributed by atoms with Crippen molar-refractivity contribution in [3.05, 3.63) is 9.77 Å². The lowest BCUT2D eigenvalue weighted by atomic mass is 9.71. The molecule has 0 bridgehead atoms. The molecule has 2 rings (SSSR count). The summed E-state index contributed by atoms with van der Waals surface area (Å²) in [4.78, 5) is 0. The zero-order valence-electron chi connectivity index (χ0n) is 10.9. The lowest BCUT2D eigenvalue weighted by Crippen LogP contribution is -2.27. The average molecular weight is 347 g/mol. The van der Waals surface area contributed by atoms with Gasteiger partial charge in [0.05, 0.1) is 15.8 Å². The van der Waals surface area contributed by atoms with E-state index in [1.165, 1.54) is 25.7 Å². The molecule has 1 heterocycles. The van der Waals surface area contributed by atoms with E-state index in [1.54, 1.807) is 0 Å². The van der Waals surface area contributed by atoms with Gasteiger partial charge in [-0.15, -0.1) is 0 Å². The fourth-order valence-corrected chi connectivity index (χ4v) is 3.20. The zero-order chi connectivity index (χ0) is 12.6. The van der Waals surface area contributed by atoms with E-state index >= 15 is 0 Å². The van der Waals surface area contributed by atoms with E-state index in [1.807, 2.05) is 10.9 Å². The Kier molecular flexibility index (Phi) is 3.71. The first-order valence-corrected chi connectivity index (χ1v) is 7.46. The fourth-order valence-electron chi connectivity index (χ4n) is 2.83. The van der Waals surface area contributed by atoms with Crippen LogP contribution in [-0.4, -0.2) is 9.78 Å². The van der Waals surface area contributed by atoms with Crippen molar-refractivity contribution in [2.75, 3.05) is 5.73 Å². The number of halogens is 1. The topological polar surface area (TPSA) is 43.8 Å². The molecule has 1 aliphatic rings. The second kappa shape index (κ2) is 4.78. The number of nitrogens with zero attached hydrogens (tertiary/aromatic N) is 2. The Hall–Kier alpha value is -0.260. The fraction of sp³-hybridized carbons (Fsp3) is 0.769. The molecule has 0 aliphatic heterocycles. The standard InChI is InChI=1S/C13H22IN3/c1-13(2,3)9-4-6-10(7-5-9)17-12(15)11(14)8-16-17/h8-10H,4-7,15H2,1-3H3. The van der Waals surface area contributed by atoms with Crippen LogP contribution in [0.25, 0.3) is 0 Å². The van der Waals surface area contributed by atoms with E-state index in [0.717, 1.165) is 15.3 Å². The van der Waals surface area contributed by atoms with Crippen LogP contribution in [0.1, 0.15) is 52.5 Å². The minimum atomic E-state index is 0.440. The lowest BCUT2D eigenvalue weighted by molar-refractivity contribution is 0.148. The second-order valence-corrected chi connectivity index (χ2v) is 7.36. The molecule has 0 aromatic carbocycles. The normalized spacial score (nSPS) is 26.1. The van der Waals surface area contributed by atoms with Gasteiger partial charge in [0, 0.05) is 0 Å². The Balaban J connectivity index is 2.02. The van der Waals surface area contributed by atoms with Gasteiger partial charge in [0.1, 0.15) is 5.82 Å². The third-order valence-corrected chi connectivity index (χ3v) is 4.89. The number of hydrogen-bond acceptors (Lipinski definition) is 2. The molecule has 0 atom stereocenters. The number of hydrogen-bond donors (Lipinski definition) is 1. The molecule has 0 amide bonds. The predicted molar refractivity (Wildman–Crippen MR) is 79.8 cm³/mol. The average Bonchev–Trinajstić information content (AvgIpc) is 2.59. The molecular formula is C13H22IN3. The van der Waals surface area contributed by atoms with Gasteiger partial charge in [-0.2, -0.15) is 5.10 Å². The van der Waals surface area contributed by atoms with Crippen LogP contribution in [0.3, 0.4) is 0 Å². The van der Waals surface area contributed by atoms with Crippen LogP contribution in [0.15, 0.2) is 6.20 Å². The Bertz CT molecular complexity index is 384. The van der Waals surface area contributed by atoms with E-state index in [9.17, 15) is 0 Å². The van der Waals surface area contributed by atoms with E-state index in [4.69, 9.17) is 5.73 Å². The van der Waals surface area contributed by atoms with Gasteiger partial charge in [-0.1, -0.05) is 20.8 Å². The third kappa shape index (κ3) is 2.77. The molecule has 1 aromatic heterocycles. The number of rotatable bonds is 1. The number of nitrogen functional groups attached to an aromatic ring is 1. The van der Waals surface area contributed by atoms with Gasteiger partial charge in [0.25, 0.3) is 0 Å². The highest BCUT2D eigenvalue weighted by Gasteiger charge is 2.31. The molecule has 2 N–H and O–H groups in total. The first-order chi connectivity index (χ1) is 7.89. The van der Waals surface area contributed by atoms with Crippen molar-refractivity contribution in [2.24, 2.45) is 11.3 Å². The van der Waals surface area contributed by atoms with Crippen LogP contribution in [0, 0.1) is 14.9 Å². The van der Waals surface area contributed by atoms with Crippen LogP contribution in [0.2, 0.25) is 0 Å². The van der Waals surface area contributed by atoms with Crippen molar-refractivity contribution in [3.8, 4) is 0 Å². The first kappa shape index (κ1) is 13.2. The maximum absolute atomic E-state index is 6.05. The monoisotopic (exact) mass is 347 g/mol. The van der Waals surface area contributed by atoms with E-state index in [-0.39, 0.29) is 0 Å². The molecule has 1 saturated carbocycles. The van der Waals surface area contributed by atoms with Crippen molar-refractivity contribution < 1.29 is 0 Å². The van der Waals surface area contributed by atoms with Crippen molar-refractivity contribution in [1.29, 1.82) is 0 Å². The summed E-state index contributed by atoms with van der Waals surface area (Å²) in [5, 5.41) is 4.41. The van der Waals surface area contributed by atoms with Gasteiger partial charge in [-0.05, 0) is 59.6 Å². The van der Waals surface area contributed by atoms with Gasteiger partial charge in [0.15, 0.2) is 0 Å². The molecule has 0 saturated heterocycles. The van der Waals surface area contributed by atoms with E-state index in [2.05, 4.69) is 48.5 Å². The quantitative estimate of drug-likeness (QED) is 0.785. The van der Waals surface area contributed by atoms with Crippen LogP contribution in [0.5, 0.6) is 0 Å². The molecule has 0 radical (unpaired) electrons. The summed E-state index contributed by atoms with van der Waals surface area (Å²) >= 11 is 2.25. The van der Waals surface area contributed by atoms with Crippen molar-refractivity contribution in [2.45, 2.75) is 52.5 Å². The van der Waals surface area contributed by atoms with Gasteiger partial charge in [0.2, 0.25) is 0 Å². The van der Waals surface area contributed by atoms with Crippen LogP contribution in [0.4, 0.5) is 5.82 Å². The summed E-state index contributed by atoms with van der Waals surface area (Å²) in [5.74, 6) is 1.68. The summed E-state index contributed by atoms with van der Waals surface area (Å²) in [6, 6.07) is 0.511. The minimum absolute atomic E-state index is 0.440. The van der Waals surface area contributed by atoms with Crippen LogP contribution >= 0.6 is 22.6 Å². The number of aromatic nitrogens is 2. The molecule has 1 aliphatic carbocycles. The predicted octanol–water partition coefficient (Wildman–Crippen LogP) is 3.85. The Morgan fingerprint density at radius 2 is 1.88 bits per heavy atom. The Morgan fingerprint density at radius 1 is 1.29 bits per heavy atom. The van der Waals surface area contributed by atoms with Gasteiger partial charge < -0.3 is 5.73 Å². The molecule has 3 nitrogen and oxygen atoms in total. The summed E-state index contributed by atoms with van der Waals surface area (Å²) in [6.45, 7) is 7.05. The van der Waals surface area contributed by atoms with Gasteiger partial charge in [-0.25, -0.2) is 4.68 Å². The molecule has 0 unspecified atom stereocenters. The van der Waals surface area contributed by atoms with Crippen LogP contribution < -0.4 is 5.73 Å². The summed E-state index contributed by atoms with van der Waals surface area (Å²) in [5.41, 5.74) is 6.49. The molecule has 1 fully saturated rings.